The molecule has 0 spiro atoms. The van der Waals surface area contributed by atoms with Crippen LogP contribution in [0.15, 0.2) is 65.2 Å². The molecule has 0 aliphatic heterocycles. The molecular weight excluding hydrogens is 324 g/mol. The van der Waals surface area contributed by atoms with Crippen LogP contribution in [0.2, 0.25) is 0 Å². The number of aromatic nitrogens is 1. The highest BCUT2D eigenvalue weighted by molar-refractivity contribution is 6.05. The molecule has 26 heavy (non-hydrogen) atoms. The molecule has 3 aromatic rings. The smallest absolute Gasteiger partial charge is 0.148 e. The number of aromatic amines is 1. The number of rotatable bonds is 5. The molecular formula is C21H20N4O. The number of amidine groups is 1. The van der Waals surface area contributed by atoms with Crippen molar-refractivity contribution in [2.24, 2.45) is 10.7 Å². The van der Waals surface area contributed by atoms with Gasteiger partial charge in [0, 0.05) is 10.9 Å². The minimum atomic E-state index is -0.0644. The number of H-pyrrole nitrogens is 1. The number of nitriles is 1. The quantitative estimate of drug-likeness (QED) is 0.373. The maximum absolute atomic E-state index is 10.3. The fourth-order valence-electron chi connectivity index (χ4n) is 2.87. The van der Waals surface area contributed by atoms with Crippen LogP contribution >= 0.6 is 0 Å². The highest BCUT2D eigenvalue weighted by atomic mass is 16.3. The molecule has 2 aromatic carbocycles. The minimum absolute atomic E-state index is 0.0644. The van der Waals surface area contributed by atoms with E-state index < -0.39 is 0 Å². The van der Waals surface area contributed by atoms with Crippen LogP contribution in [0.1, 0.15) is 18.2 Å². The normalized spacial score (nSPS) is 13.5. The zero-order valence-electron chi connectivity index (χ0n) is 14.5. The molecule has 5 heteroatoms. The van der Waals surface area contributed by atoms with Crippen molar-refractivity contribution < 1.29 is 5.11 Å². The van der Waals surface area contributed by atoms with Crippen molar-refractivity contribution in [2.45, 2.75) is 19.4 Å². The summed E-state index contributed by atoms with van der Waals surface area (Å²) in [6, 6.07) is 19.4. The first kappa shape index (κ1) is 17.3. The first-order chi connectivity index (χ1) is 12.6. The van der Waals surface area contributed by atoms with Gasteiger partial charge < -0.3 is 15.8 Å². The molecule has 0 fully saturated rings. The van der Waals surface area contributed by atoms with Gasteiger partial charge in [-0.05, 0) is 37.1 Å². The number of nitrogens with one attached hydrogen (secondary N) is 1. The SMILES string of the molecule is C[C@H](Cc1ccccc1)N=C(N)/C(C#N)=C/c1[nH]c2ccccc2c1O. The van der Waals surface area contributed by atoms with Crippen molar-refractivity contribution in [1.82, 2.24) is 4.98 Å². The van der Waals surface area contributed by atoms with E-state index in [4.69, 9.17) is 5.73 Å². The average Bonchev–Trinajstić information content (AvgIpc) is 2.96. The van der Waals surface area contributed by atoms with E-state index in [0.717, 1.165) is 17.5 Å². The summed E-state index contributed by atoms with van der Waals surface area (Å²) in [4.78, 5) is 7.52. The van der Waals surface area contributed by atoms with Crippen LogP contribution in [0.25, 0.3) is 17.0 Å². The monoisotopic (exact) mass is 344 g/mol. The maximum Gasteiger partial charge on any atom is 0.148 e. The van der Waals surface area contributed by atoms with Gasteiger partial charge in [-0.15, -0.1) is 0 Å². The Morgan fingerprint density at radius 3 is 2.62 bits per heavy atom. The highest BCUT2D eigenvalue weighted by Crippen LogP contribution is 2.30. The summed E-state index contributed by atoms with van der Waals surface area (Å²) in [7, 11) is 0. The molecule has 1 heterocycles. The van der Waals surface area contributed by atoms with Crippen LogP contribution in [0.4, 0.5) is 0 Å². The molecule has 130 valence electrons. The third-order valence-electron chi connectivity index (χ3n) is 4.13. The molecule has 1 aromatic heterocycles. The number of nitrogens with two attached hydrogens (primary N) is 1. The molecule has 3 rings (SSSR count). The lowest BCUT2D eigenvalue weighted by Gasteiger charge is -2.08. The summed E-state index contributed by atoms with van der Waals surface area (Å²) < 4.78 is 0. The van der Waals surface area contributed by atoms with E-state index in [-0.39, 0.29) is 23.2 Å². The Labute approximate surface area is 152 Å². The third kappa shape index (κ3) is 3.76. The van der Waals surface area contributed by atoms with Gasteiger partial charge >= 0.3 is 0 Å². The fraction of sp³-hybridized carbons (Fsp3) is 0.143. The Hall–Kier alpha value is -3.52. The Morgan fingerprint density at radius 2 is 1.92 bits per heavy atom. The predicted octanol–water partition coefficient (Wildman–Crippen LogP) is 3.77. The van der Waals surface area contributed by atoms with Crippen LogP contribution < -0.4 is 5.73 Å². The molecule has 0 aliphatic rings. The predicted molar refractivity (Wildman–Crippen MR) is 105 cm³/mol. The fourth-order valence-corrected chi connectivity index (χ4v) is 2.87. The first-order valence-electron chi connectivity index (χ1n) is 8.37. The van der Waals surface area contributed by atoms with Gasteiger partial charge in [0.2, 0.25) is 0 Å². The van der Waals surface area contributed by atoms with Crippen LogP contribution in [0.3, 0.4) is 0 Å². The molecule has 0 saturated carbocycles. The van der Waals surface area contributed by atoms with E-state index in [1.54, 1.807) is 0 Å². The lowest BCUT2D eigenvalue weighted by molar-refractivity contribution is 0.480. The van der Waals surface area contributed by atoms with Crippen molar-refractivity contribution in [2.75, 3.05) is 0 Å². The number of aliphatic imine (C=N–C) groups is 1. The second kappa shape index (κ2) is 7.58. The molecule has 4 N–H and O–H groups in total. The standard InChI is InChI=1S/C21H20N4O/c1-14(11-15-7-3-2-4-8-15)24-21(23)16(13-22)12-19-20(26)17-9-5-6-10-18(17)25-19/h2-10,12,14,25-26H,11H2,1H3,(H2,23,24)/b16-12+/t14-/m1/s1. The third-order valence-corrected chi connectivity index (χ3v) is 4.13. The van der Waals surface area contributed by atoms with Crippen LogP contribution in [-0.2, 0) is 6.42 Å². The van der Waals surface area contributed by atoms with Gasteiger partial charge in [-0.25, -0.2) is 0 Å². The van der Waals surface area contributed by atoms with Gasteiger partial charge in [0.05, 0.1) is 17.3 Å². The molecule has 0 radical (unpaired) electrons. The summed E-state index contributed by atoms with van der Waals surface area (Å²) in [5.41, 5.74) is 8.65. The Morgan fingerprint density at radius 1 is 1.23 bits per heavy atom. The first-order valence-corrected chi connectivity index (χ1v) is 8.37. The molecule has 0 saturated heterocycles. The number of para-hydroxylation sites is 1. The molecule has 0 aliphatic carbocycles. The van der Waals surface area contributed by atoms with Crippen molar-refractivity contribution in [3.63, 3.8) is 0 Å². The van der Waals surface area contributed by atoms with Crippen molar-refractivity contribution >= 4 is 22.8 Å². The van der Waals surface area contributed by atoms with Crippen molar-refractivity contribution in [3.8, 4) is 11.8 Å². The van der Waals surface area contributed by atoms with Gasteiger partial charge in [0.1, 0.15) is 17.7 Å². The maximum atomic E-state index is 10.3. The Kier molecular flexibility index (Phi) is 5.04. The van der Waals surface area contributed by atoms with Gasteiger partial charge in [-0.3, -0.25) is 4.99 Å². The largest absolute Gasteiger partial charge is 0.505 e. The Balaban J connectivity index is 1.85. The van der Waals surface area contributed by atoms with Gasteiger partial charge in [0.25, 0.3) is 0 Å². The van der Waals surface area contributed by atoms with E-state index in [0.29, 0.717) is 11.1 Å². The molecule has 5 nitrogen and oxygen atoms in total. The summed E-state index contributed by atoms with van der Waals surface area (Å²) >= 11 is 0. The van der Waals surface area contributed by atoms with Crippen molar-refractivity contribution in [3.05, 3.63) is 71.4 Å². The number of fused-ring (bicyclic) bond motifs is 1. The lowest BCUT2D eigenvalue weighted by atomic mass is 10.1. The van der Waals surface area contributed by atoms with E-state index in [1.807, 2.05) is 61.5 Å². The van der Waals surface area contributed by atoms with Crippen LogP contribution in [-0.4, -0.2) is 22.0 Å². The molecule has 0 amide bonds. The number of aromatic hydroxyl groups is 1. The topological polar surface area (TPSA) is 98.2 Å². The second-order valence-electron chi connectivity index (χ2n) is 6.16. The summed E-state index contributed by atoms with van der Waals surface area (Å²) in [6.07, 6.45) is 2.27. The molecule has 1 atom stereocenters. The van der Waals surface area contributed by atoms with Crippen LogP contribution in [0, 0.1) is 11.3 Å². The van der Waals surface area contributed by atoms with E-state index in [9.17, 15) is 10.4 Å². The second-order valence-corrected chi connectivity index (χ2v) is 6.16. The number of benzene rings is 2. The summed E-state index contributed by atoms with van der Waals surface area (Å²) in [5, 5.41) is 20.5. The van der Waals surface area contributed by atoms with E-state index in [2.05, 4.69) is 16.0 Å². The number of nitrogens with zero attached hydrogens (tertiary/aromatic N) is 2. The molecule has 0 unspecified atom stereocenters. The van der Waals surface area contributed by atoms with Crippen molar-refractivity contribution in [1.29, 1.82) is 5.26 Å². The lowest BCUT2D eigenvalue weighted by Crippen LogP contribution is -2.18. The zero-order chi connectivity index (χ0) is 18.5. The summed E-state index contributed by atoms with van der Waals surface area (Å²) in [6.45, 7) is 1.95. The highest BCUT2D eigenvalue weighted by Gasteiger charge is 2.11. The number of hydrogen-bond donors (Lipinski definition) is 3. The van der Waals surface area contributed by atoms with Gasteiger partial charge in [-0.1, -0.05) is 42.5 Å². The zero-order valence-corrected chi connectivity index (χ0v) is 14.5. The Bertz CT molecular complexity index is 1010. The minimum Gasteiger partial charge on any atom is -0.505 e. The van der Waals surface area contributed by atoms with E-state index >= 15 is 0 Å². The van der Waals surface area contributed by atoms with Gasteiger partial charge in [-0.2, -0.15) is 5.26 Å². The number of hydrogen-bond acceptors (Lipinski definition) is 3. The molecule has 0 bridgehead atoms. The van der Waals surface area contributed by atoms with E-state index in [1.165, 1.54) is 6.08 Å². The van der Waals surface area contributed by atoms with Crippen LogP contribution in [0.5, 0.6) is 5.75 Å². The summed E-state index contributed by atoms with van der Waals surface area (Å²) in [5.74, 6) is 0.257. The van der Waals surface area contributed by atoms with Gasteiger partial charge in [0.15, 0.2) is 0 Å². The average molecular weight is 344 g/mol.